The highest BCUT2D eigenvalue weighted by molar-refractivity contribution is 5.94. The second-order valence-corrected chi connectivity index (χ2v) is 4.38. The summed E-state index contributed by atoms with van der Waals surface area (Å²) >= 11 is 0. The standard InChI is InChI=1S/C14H14N4O2/c1-3-20-14(19)11-8-10(15-16-11)13-9-6-4-5-7-12(9)18(2)17-13/h4-8H,3H2,1-2H3,(H,15,16). The quantitative estimate of drug-likeness (QED) is 0.740. The van der Waals surface area contributed by atoms with Crippen molar-refractivity contribution in [3.63, 3.8) is 0 Å². The zero-order valence-corrected chi connectivity index (χ0v) is 11.3. The Bertz CT molecular complexity index is 772. The Morgan fingerprint density at radius 1 is 1.40 bits per heavy atom. The second-order valence-electron chi connectivity index (χ2n) is 4.38. The second kappa shape index (κ2) is 4.80. The number of nitrogens with zero attached hydrogens (tertiary/aromatic N) is 3. The van der Waals surface area contributed by atoms with Gasteiger partial charge in [0.25, 0.3) is 0 Å². The van der Waals surface area contributed by atoms with Crippen molar-refractivity contribution in [2.75, 3.05) is 6.61 Å². The lowest BCUT2D eigenvalue weighted by molar-refractivity contribution is 0.0519. The first-order chi connectivity index (χ1) is 9.70. The van der Waals surface area contributed by atoms with E-state index in [2.05, 4.69) is 15.3 Å². The molecule has 0 radical (unpaired) electrons. The summed E-state index contributed by atoms with van der Waals surface area (Å²) in [7, 11) is 1.88. The minimum atomic E-state index is -0.411. The Labute approximate surface area is 115 Å². The molecule has 3 rings (SSSR count). The first kappa shape index (κ1) is 12.4. The van der Waals surface area contributed by atoms with Crippen LogP contribution in [0.15, 0.2) is 30.3 Å². The highest BCUT2D eigenvalue weighted by Gasteiger charge is 2.16. The van der Waals surface area contributed by atoms with Gasteiger partial charge in [-0.25, -0.2) is 4.79 Å². The van der Waals surface area contributed by atoms with E-state index in [-0.39, 0.29) is 0 Å². The largest absolute Gasteiger partial charge is 0.461 e. The maximum absolute atomic E-state index is 11.6. The number of esters is 1. The van der Waals surface area contributed by atoms with Gasteiger partial charge in [0.05, 0.1) is 12.1 Å². The summed E-state index contributed by atoms with van der Waals surface area (Å²) in [5.41, 5.74) is 2.72. The molecule has 0 atom stereocenters. The van der Waals surface area contributed by atoms with Gasteiger partial charge in [0.2, 0.25) is 0 Å². The van der Waals surface area contributed by atoms with Crippen molar-refractivity contribution in [3.05, 3.63) is 36.0 Å². The Kier molecular flexibility index (Phi) is 2.98. The predicted molar refractivity (Wildman–Crippen MR) is 74.3 cm³/mol. The number of hydrogen-bond donors (Lipinski definition) is 1. The smallest absolute Gasteiger partial charge is 0.356 e. The zero-order valence-electron chi connectivity index (χ0n) is 11.3. The van der Waals surface area contributed by atoms with Crippen molar-refractivity contribution in [2.24, 2.45) is 7.05 Å². The molecule has 3 aromatic rings. The minimum Gasteiger partial charge on any atom is -0.461 e. The number of para-hydroxylation sites is 1. The van der Waals surface area contributed by atoms with Crippen LogP contribution in [0.2, 0.25) is 0 Å². The molecule has 102 valence electrons. The van der Waals surface area contributed by atoms with Crippen LogP contribution in [0.4, 0.5) is 0 Å². The average Bonchev–Trinajstić information content (AvgIpc) is 3.05. The first-order valence-electron chi connectivity index (χ1n) is 6.35. The fourth-order valence-corrected chi connectivity index (χ4v) is 2.16. The van der Waals surface area contributed by atoms with Gasteiger partial charge in [0, 0.05) is 18.5 Å². The summed E-state index contributed by atoms with van der Waals surface area (Å²) in [5, 5.41) is 12.3. The number of aromatic nitrogens is 4. The molecule has 0 bridgehead atoms. The van der Waals surface area contributed by atoms with Gasteiger partial charge in [-0.05, 0) is 13.0 Å². The highest BCUT2D eigenvalue weighted by Crippen LogP contribution is 2.26. The van der Waals surface area contributed by atoms with Crippen LogP contribution < -0.4 is 0 Å². The normalized spacial score (nSPS) is 10.9. The number of hydrogen-bond acceptors (Lipinski definition) is 4. The van der Waals surface area contributed by atoms with E-state index in [4.69, 9.17) is 4.74 Å². The number of aromatic amines is 1. The summed E-state index contributed by atoms with van der Waals surface area (Å²) < 4.78 is 6.73. The number of ether oxygens (including phenoxy) is 1. The molecule has 0 saturated carbocycles. The third kappa shape index (κ3) is 1.95. The van der Waals surface area contributed by atoms with Crippen molar-refractivity contribution >= 4 is 16.9 Å². The van der Waals surface area contributed by atoms with E-state index in [1.807, 2.05) is 31.3 Å². The van der Waals surface area contributed by atoms with Crippen LogP contribution in [0.3, 0.4) is 0 Å². The van der Waals surface area contributed by atoms with Crippen LogP contribution in [0.5, 0.6) is 0 Å². The monoisotopic (exact) mass is 270 g/mol. The van der Waals surface area contributed by atoms with Gasteiger partial charge in [-0.2, -0.15) is 10.2 Å². The summed E-state index contributed by atoms with van der Waals surface area (Å²) in [6, 6.07) is 9.54. The molecule has 6 nitrogen and oxygen atoms in total. The molecule has 0 saturated heterocycles. The van der Waals surface area contributed by atoms with Gasteiger partial charge < -0.3 is 4.74 Å². The van der Waals surface area contributed by atoms with Crippen molar-refractivity contribution < 1.29 is 9.53 Å². The van der Waals surface area contributed by atoms with Gasteiger partial charge >= 0.3 is 5.97 Å². The van der Waals surface area contributed by atoms with Gasteiger partial charge in [-0.15, -0.1) is 0 Å². The third-order valence-electron chi connectivity index (χ3n) is 3.07. The molecule has 2 heterocycles. The van der Waals surface area contributed by atoms with Crippen LogP contribution in [0.25, 0.3) is 22.3 Å². The van der Waals surface area contributed by atoms with E-state index in [9.17, 15) is 4.79 Å². The van der Waals surface area contributed by atoms with E-state index in [0.717, 1.165) is 16.6 Å². The van der Waals surface area contributed by atoms with Gasteiger partial charge in [0.1, 0.15) is 17.1 Å². The minimum absolute atomic E-state index is 0.330. The van der Waals surface area contributed by atoms with Gasteiger partial charge in [0.15, 0.2) is 0 Å². The third-order valence-corrected chi connectivity index (χ3v) is 3.07. The molecule has 1 N–H and O–H groups in total. The zero-order chi connectivity index (χ0) is 14.1. The van der Waals surface area contributed by atoms with Gasteiger partial charge in [-0.1, -0.05) is 18.2 Å². The molecule has 0 aliphatic rings. The lowest BCUT2D eigenvalue weighted by Gasteiger charge is -1.95. The Morgan fingerprint density at radius 3 is 3.00 bits per heavy atom. The highest BCUT2D eigenvalue weighted by atomic mass is 16.5. The van der Waals surface area contributed by atoms with E-state index < -0.39 is 5.97 Å². The van der Waals surface area contributed by atoms with Crippen molar-refractivity contribution in [1.29, 1.82) is 0 Å². The SMILES string of the molecule is CCOC(=O)c1cc(-c2nn(C)c3ccccc23)n[nH]1. The topological polar surface area (TPSA) is 72.8 Å². The molecule has 1 aromatic carbocycles. The molecule has 0 aliphatic carbocycles. The predicted octanol–water partition coefficient (Wildman–Crippen LogP) is 2.14. The molecule has 0 spiro atoms. The van der Waals surface area contributed by atoms with E-state index in [0.29, 0.717) is 18.0 Å². The molecule has 0 amide bonds. The molecule has 2 aromatic heterocycles. The molecular formula is C14H14N4O2. The summed E-state index contributed by atoms with van der Waals surface area (Å²) in [5.74, 6) is -0.411. The number of rotatable bonds is 3. The van der Waals surface area contributed by atoms with Crippen LogP contribution >= 0.6 is 0 Å². The van der Waals surface area contributed by atoms with E-state index >= 15 is 0 Å². The number of fused-ring (bicyclic) bond motifs is 1. The molecule has 0 unspecified atom stereocenters. The van der Waals surface area contributed by atoms with Gasteiger partial charge in [-0.3, -0.25) is 9.78 Å². The summed E-state index contributed by atoms with van der Waals surface area (Å²) in [6.07, 6.45) is 0. The van der Waals surface area contributed by atoms with Crippen molar-refractivity contribution in [2.45, 2.75) is 6.92 Å². The number of nitrogens with one attached hydrogen (secondary N) is 1. The number of aryl methyl sites for hydroxylation is 1. The maximum atomic E-state index is 11.6. The Balaban J connectivity index is 2.06. The molecule has 6 heteroatoms. The number of benzene rings is 1. The van der Waals surface area contributed by atoms with Crippen LogP contribution in [-0.4, -0.2) is 32.6 Å². The number of carbonyl (C=O) groups is 1. The number of H-pyrrole nitrogens is 1. The van der Waals surface area contributed by atoms with Crippen molar-refractivity contribution in [3.8, 4) is 11.4 Å². The summed E-state index contributed by atoms with van der Waals surface area (Å²) in [6.45, 7) is 2.10. The van der Waals surface area contributed by atoms with E-state index in [1.54, 1.807) is 17.7 Å². The van der Waals surface area contributed by atoms with Crippen LogP contribution in [0, 0.1) is 0 Å². The summed E-state index contributed by atoms with van der Waals surface area (Å²) in [4.78, 5) is 11.6. The molecule has 0 fully saturated rings. The Morgan fingerprint density at radius 2 is 2.20 bits per heavy atom. The average molecular weight is 270 g/mol. The van der Waals surface area contributed by atoms with Crippen LogP contribution in [0.1, 0.15) is 17.4 Å². The molecule has 20 heavy (non-hydrogen) atoms. The lowest BCUT2D eigenvalue weighted by atomic mass is 10.1. The van der Waals surface area contributed by atoms with Crippen LogP contribution in [-0.2, 0) is 11.8 Å². The van der Waals surface area contributed by atoms with E-state index in [1.165, 1.54) is 0 Å². The lowest BCUT2D eigenvalue weighted by Crippen LogP contribution is -2.04. The fourth-order valence-electron chi connectivity index (χ4n) is 2.16. The molecular weight excluding hydrogens is 256 g/mol. The van der Waals surface area contributed by atoms with Crippen molar-refractivity contribution in [1.82, 2.24) is 20.0 Å². The molecule has 0 aliphatic heterocycles. The number of carbonyl (C=O) groups excluding carboxylic acids is 1. The Hall–Kier alpha value is -2.63. The maximum Gasteiger partial charge on any atom is 0.356 e. The fraction of sp³-hybridized carbons (Fsp3) is 0.214. The first-order valence-corrected chi connectivity index (χ1v) is 6.35.